The normalized spacial score (nSPS) is 14.3. The fraction of sp³-hybridized carbons (Fsp3) is 0.316. The van der Waals surface area contributed by atoms with Crippen molar-refractivity contribution in [3.63, 3.8) is 0 Å². The molecular formula is C19H22N4O2. The summed E-state index contributed by atoms with van der Waals surface area (Å²) in [6, 6.07) is 9.94. The standard InChI is InChI=1S/C19H22N4O2/c1-15-2-4-16(5-3-15)11-21-19(25)17-10-18(13-20-12-17)23-8-6-22(14-24)7-9-23/h2-5,10,12-14H,6-9,11H2,1H3,(H,21,25). The predicted octanol–water partition coefficient (Wildman–Crippen LogP) is 1.60. The van der Waals surface area contributed by atoms with Gasteiger partial charge in [-0.1, -0.05) is 29.8 Å². The van der Waals surface area contributed by atoms with Crippen molar-refractivity contribution in [2.24, 2.45) is 0 Å². The molecule has 6 nitrogen and oxygen atoms in total. The average Bonchev–Trinajstić information content (AvgIpc) is 2.67. The summed E-state index contributed by atoms with van der Waals surface area (Å²) in [5.74, 6) is -0.138. The van der Waals surface area contributed by atoms with Crippen molar-refractivity contribution in [1.82, 2.24) is 15.2 Å². The Morgan fingerprint density at radius 1 is 1.16 bits per heavy atom. The summed E-state index contributed by atoms with van der Waals surface area (Å²) in [6.45, 7) is 5.39. The highest BCUT2D eigenvalue weighted by Crippen LogP contribution is 2.16. The monoisotopic (exact) mass is 338 g/mol. The second-order valence-electron chi connectivity index (χ2n) is 6.23. The smallest absolute Gasteiger partial charge is 0.253 e. The van der Waals surface area contributed by atoms with Crippen LogP contribution in [-0.4, -0.2) is 48.4 Å². The summed E-state index contributed by atoms with van der Waals surface area (Å²) in [6.07, 6.45) is 4.22. The summed E-state index contributed by atoms with van der Waals surface area (Å²) in [7, 11) is 0. The maximum atomic E-state index is 12.4. The third kappa shape index (κ3) is 4.35. The molecule has 0 spiro atoms. The van der Waals surface area contributed by atoms with Crippen molar-refractivity contribution in [3.8, 4) is 0 Å². The van der Waals surface area contributed by atoms with Gasteiger partial charge in [0.25, 0.3) is 5.91 Å². The minimum Gasteiger partial charge on any atom is -0.367 e. The minimum absolute atomic E-state index is 0.138. The van der Waals surface area contributed by atoms with Crippen LogP contribution in [0.25, 0.3) is 0 Å². The number of carbonyl (C=O) groups excluding carboxylic acids is 2. The Labute approximate surface area is 147 Å². The number of hydrogen-bond donors (Lipinski definition) is 1. The molecule has 0 aliphatic carbocycles. The lowest BCUT2D eigenvalue weighted by Crippen LogP contribution is -2.45. The molecule has 1 fully saturated rings. The first-order valence-corrected chi connectivity index (χ1v) is 8.39. The Hall–Kier alpha value is -2.89. The number of nitrogens with zero attached hydrogens (tertiary/aromatic N) is 3. The van der Waals surface area contributed by atoms with Crippen LogP contribution in [0.5, 0.6) is 0 Å². The van der Waals surface area contributed by atoms with E-state index in [1.54, 1.807) is 17.3 Å². The molecule has 1 saturated heterocycles. The molecule has 130 valence electrons. The largest absolute Gasteiger partial charge is 0.367 e. The number of nitrogens with one attached hydrogen (secondary N) is 1. The zero-order valence-electron chi connectivity index (χ0n) is 14.3. The van der Waals surface area contributed by atoms with E-state index in [1.807, 2.05) is 37.3 Å². The number of carbonyl (C=O) groups is 2. The first-order valence-electron chi connectivity index (χ1n) is 8.39. The Bertz CT molecular complexity index is 737. The molecule has 1 aromatic carbocycles. The second-order valence-corrected chi connectivity index (χ2v) is 6.23. The first kappa shape index (κ1) is 17.0. The lowest BCUT2D eigenvalue weighted by Gasteiger charge is -2.34. The van der Waals surface area contributed by atoms with E-state index in [9.17, 15) is 9.59 Å². The molecule has 1 aromatic heterocycles. The van der Waals surface area contributed by atoms with Gasteiger partial charge in [-0.2, -0.15) is 0 Å². The molecule has 0 saturated carbocycles. The number of hydrogen-bond acceptors (Lipinski definition) is 4. The first-order chi connectivity index (χ1) is 12.2. The molecule has 1 aliphatic rings. The lowest BCUT2D eigenvalue weighted by atomic mass is 10.1. The van der Waals surface area contributed by atoms with E-state index in [1.165, 1.54) is 5.56 Å². The van der Waals surface area contributed by atoms with Crippen LogP contribution in [0.1, 0.15) is 21.5 Å². The number of anilines is 1. The zero-order valence-corrected chi connectivity index (χ0v) is 14.3. The van der Waals surface area contributed by atoms with E-state index in [0.29, 0.717) is 25.2 Å². The number of piperazine rings is 1. The molecule has 25 heavy (non-hydrogen) atoms. The van der Waals surface area contributed by atoms with Gasteiger partial charge in [0.2, 0.25) is 6.41 Å². The van der Waals surface area contributed by atoms with Gasteiger partial charge in [-0.15, -0.1) is 0 Å². The van der Waals surface area contributed by atoms with Gasteiger partial charge in [-0.05, 0) is 18.6 Å². The lowest BCUT2D eigenvalue weighted by molar-refractivity contribution is -0.118. The highest BCUT2D eigenvalue weighted by molar-refractivity contribution is 5.94. The quantitative estimate of drug-likeness (QED) is 0.841. The van der Waals surface area contributed by atoms with E-state index in [0.717, 1.165) is 30.8 Å². The van der Waals surface area contributed by atoms with Crippen molar-refractivity contribution in [2.45, 2.75) is 13.5 Å². The van der Waals surface area contributed by atoms with Crippen LogP contribution in [0, 0.1) is 6.92 Å². The number of pyridine rings is 1. The Morgan fingerprint density at radius 2 is 1.88 bits per heavy atom. The van der Waals surface area contributed by atoms with Crippen molar-refractivity contribution in [1.29, 1.82) is 0 Å². The summed E-state index contributed by atoms with van der Waals surface area (Å²) in [5, 5.41) is 2.93. The van der Waals surface area contributed by atoms with Gasteiger partial charge < -0.3 is 15.1 Å². The van der Waals surface area contributed by atoms with Crippen LogP contribution in [-0.2, 0) is 11.3 Å². The van der Waals surface area contributed by atoms with E-state index in [4.69, 9.17) is 0 Å². The molecule has 3 rings (SSSR count). The highest BCUT2D eigenvalue weighted by Gasteiger charge is 2.17. The van der Waals surface area contributed by atoms with Crippen LogP contribution < -0.4 is 10.2 Å². The fourth-order valence-electron chi connectivity index (χ4n) is 2.80. The Morgan fingerprint density at radius 3 is 2.56 bits per heavy atom. The van der Waals surface area contributed by atoms with Crippen LogP contribution in [0.4, 0.5) is 5.69 Å². The average molecular weight is 338 g/mol. The van der Waals surface area contributed by atoms with Gasteiger partial charge in [0.1, 0.15) is 0 Å². The molecule has 6 heteroatoms. The van der Waals surface area contributed by atoms with Crippen molar-refractivity contribution in [3.05, 3.63) is 59.4 Å². The van der Waals surface area contributed by atoms with Crippen LogP contribution in [0.15, 0.2) is 42.7 Å². The van der Waals surface area contributed by atoms with Crippen LogP contribution in [0.3, 0.4) is 0 Å². The summed E-state index contributed by atoms with van der Waals surface area (Å²) in [4.78, 5) is 31.3. The fourth-order valence-corrected chi connectivity index (χ4v) is 2.80. The summed E-state index contributed by atoms with van der Waals surface area (Å²) < 4.78 is 0. The molecule has 2 amide bonds. The number of benzene rings is 1. The molecule has 1 N–H and O–H groups in total. The molecule has 0 radical (unpaired) electrons. The minimum atomic E-state index is -0.138. The molecule has 0 unspecified atom stereocenters. The molecule has 0 atom stereocenters. The van der Waals surface area contributed by atoms with E-state index in [-0.39, 0.29) is 5.91 Å². The SMILES string of the molecule is Cc1ccc(CNC(=O)c2cncc(N3CCN(C=O)CC3)c2)cc1. The summed E-state index contributed by atoms with van der Waals surface area (Å²) >= 11 is 0. The Kier molecular flexibility index (Phi) is 5.28. The number of aromatic nitrogens is 1. The van der Waals surface area contributed by atoms with Crippen LogP contribution in [0.2, 0.25) is 0 Å². The zero-order chi connectivity index (χ0) is 17.6. The van der Waals surface area contributed by atoms with Crippen molar-refractivity contribution < 1.29 is 9.59 Å². The second kappa shape index (κ2) is 7.79. The van der Waals surface area contributed by atoms with Crippen molar-refractivity contribution >= 4 is 18.0 Å². The molecule has 2 aromatic rings. The maximum absolute atomic E-state index is 12.4. The topological polar surface area (TPSA) is 65.5 Å². The predicted molar refractivity (Wildman–Crippen MR) is 96.4 cm³/mol. The molecule has 0 bridgehead atoms. The number of rotatable bonds is 5. The number of aryl methyl sites for hydroxylation is 1. The van der Waals surface area contributed by atoms with E-state index < -0.39 is 0 Å². The van der Waals surface area contributed by atoms with Gasteiger partial charge in [0.15, 0.2) is 0 Å². The maximum Gasteiger partial charge on any atom is 0.253 e. The van der Waals surface area contributed by atoms with Gasteiger partial charge in [-0.3, -0.25) is 14.6 Å². The van der Waals surface area contributed by atoms with Gasteiger partial charge in [0, 0.05) is 38.9 Å². The molecule has 1 aliphatic heterocycles. The number of amides is 2. The summed E-state index contributed by atoms with van der Waals surface area (Å²) in [5.41, 5.74) is 3.71. The third-order valence-corrected chi connectivity index (χ3v) is 4.39. The van der Waals surface area contributed by atoms with E-state index >= 15 is 0 Å². The van der Waals surface area contributed by atoms with Crippen molar-refractivity contribution in [2.75, 3.05) is 31.1 Å². The van der Waals surface area contributed by atoms with Crippen LogP contribution >= 0.6 is 0 Å². The van der Waals surface area contributed by atoms with Gasteiger partial charge >= 0.3 is 0 Å². The molecular weight excluding hydrogens is 316 g/mol. The third-order valence-electron chi connectivity index (χ3n) is 4.39. The Balaban J connectivity index is 1.61. The van der Waals surface area contributed by atoms with Gasteiger partial charge in [-0.25, -0.2) is 0 Å². The highest BCUT2D eigenvalue weighted by atomic mass is 16.1. The molecule has 2 heterocycles. The van der Waals surface area contributed by atoms with Gasteiger partial charge in [0.05, 0.1) is 17.4 Å². The van der Waals surface area contributed by atoms with E-state index in [2.05, 4.69) is 15.2 Å².